The minimum atomic E-state index is -0.0346. The van der Waals surface area contributed by atoms with Gasteiger partial charge in [-0.3, -0.25) is 4.79 Å². The Bertz CT molecular complexity index is 819. The molecule has 0 unspecified atom stereocenters. The molecule has 0 fully saturated rings. The number of hydrogen-bond acceptors (Lipinski definition) is 3. The first-order valence-electron chi connectivity index (χ1n) is 5.40. The molecular formula is C13H10BrNO2S. The maximum Gasteiger partial charge on any atom is 0.266 e. The van der Waals surface area contributed by atoms with Crippen LogP contribution in [0.2, 0.25) is 0 Å². The van der Waals surface area contributed by atoms with E-state index in [1.165, 1.54) is 11.3 Å². The first kappa shape index (κ1) is 11.7. The number of thiophene rings is 1. The van der Waals surface area contributed by atoms with Crippen LogP contribution in [-0.4, -0.2) is 12.1 Å². The van der Waals surface area contributed by atoms with Gasteiger partial charge in [0.1, 0.15) is 10.4 Å². The molecule has 18 heavy (non-hydrogen) atoms. The summed E-state index contributed by atoms with van der Waals surface area (Å²) in [4.78, 5) is 16.0. The third-order valence-electron chi connectivity index (χ3n) is 2.91. The summed E-state index contributed by atoms with van der Waals surface area (Å²) in [5.74, 6) is 0.764. The Morgan fingerprint density at radius 2 is 2.17 bits per heavy atom. The van der Waals surface area contributed by atoms with Crippen molar-refractivity contribution in [1.82, 2.24) is 4.98 Å². The molecule has 3 aromatic rings. The van der Waals surface area contributed by atoms with Crippen LogP contribution < -0.4 is 10.3 Å². The van der Waals surface area contributed by atoms with Gasteiger partial charge in [-0.15, -0.1) is 11.3 Å². The zero-order valence-corrected chi connectivity index (χ0v) is 12.2. The maximum atomic E-state index is 12.0. The van der Waals surface area contributed by atoms with Crippen molar-refractivity contribution in [3.63, 3.8) is 0 Å². The first-order valence-corrected chi connectivity index (χ1v) is 7.01. The summed E-state index contributed by atoms with van der Waals surface area (Å²) in [7, 11) is 1.63. The SMILES string of the molecule is COc1ccc2[nH]c(=O)c3sc(C)cc3c2c1Br. The second kappa shape index (κ2) is 4.10. The molecule has 0 atom stereocenters. The Kier molecular flexibility index (Phi) is 2.68. The molecule has 3 rings (SSSR count). The smallest absolute Gasteiger partial charge is 0.266 e. The third-order valence-corrected chi connectivity index (χ3v) is 4.74. The fraction of sp³-hybridized carbons (Fsp3) is 0.154. The number of pyridine rings is 1. The molecule has 0 amide bonds. The molecule has 5 heteroatoms. The van der Waals surface area contributed by atoms with Crippen LogP contribution in [0.5, 0.6) is 5.75 Å². The number of ether oxygens (including phenoxy) is 1. The van der Waals surface area contributed by atoms with E-state index < -0.39 is 0 Å². The number of aromatic nitrogens is 1. The van der Waals surface area contributed by atoms with Crippen molar-refractivity contribution in [2.75, 3.05) is 7.11 Å². The van der Waals surface area contributed by atoms with Gasteiger partial charge in [0.2, 0.25) is 0 Å². The molecule has 0 bridgehead atoms. The number of methoxy groups -OCH3 is 1. The predicted molar refractivity (Wildman–Crippen MR) is 78.9 cm³/mol. The van der Waals surface area contributed by atoms with Crippen molar-refractivity contribution in [3.05, 3.63) is 37.9 Å². The van der Waals surface area contributed by atoms with Crippen molar-refractivity contribution < 1.29 is 4.74 Å². The van der Waals surface area contributed by atoms with Gasteiger partial charge in [0.15, 0.2) is 0 Å². The lowest BCUT2D eigenvalue weighted by Crippen LogP contribution is -2.04. The van der Waals surface area contributed by atoms with Crippen LogP contribution >= 0.6 is 27.3 Å². The summed E-state index contributed by atoms with van der Waals surface area (Å²) < 4.78 is 6.94. The quantitative estimate of drug-likeness (QED) is 0.739. The molecule has 2 aromatic heterocycles. The topological polar surface area (TPSA) is 42.1 Å². The molecule has 1 N–H and O–H groups in total. The van der Waals surface area contributed by atoms with E-state index in [-0.39, 0.29) is 5.56 Å². The van der Waals surface area contributed by atoms with Crippen LogP contribution in [0.25, 0.3) is 21.0 Å². The number of benzene rings is 1. The number of hydrogen-bond donors (Lipinski definition) is 1. The second-order valence-corrected chi connectivity index (χ2v) is 6.11. The lowest BCUT2D eigenvalue weighted by molar-refractivity contribution is 0.413. The Balaban J connectivity index is 2.61. The molecule has 2 heterocycles. The van der Waals surface area contributed by atoms with E-state index >= 15 is 0 Å². The van der Waals surface area contributed by atoms with Crippen molar-refractivity contribution in [2.24, 2.45) is 0 Å². The average Bonchev–Trinajstić information content (AvgIpc) is 2.72. The fourth-order valence-electron chi connectivity index (χ4n) is 2.13. The van der Waals surface area contributed by atoms with Gasteiger partial charge < -0.3 is 9.72 Å². The summed E-state index contributed by atoms with van der Waals surface area (Å²) >= 11 is 5.06. The van der Waals surface area contributed by atoms with E-state index in [2.05, 4.69) is 20.9 Å². The van der Waals surface area contributed by atoms with Crippen LogP contribution in [0.1, 0.15) is 4.88 Å². The normalized spacial score (nSPS) is 11.3. The lowest BCUT2D eigenvalue weighted by atomic mass is 10.1. The minimum absolute atomic E-state index is 0.0346. The minimum Gasteiger partial charge on any atom is -0.496 e. The van der Waals surface area contributed by atoms with Gasteiger partial charge in [0, 0.05) is 15.6 Å². The first-order chi connectivity index (χ1) is 8.61. The highest BCUT2D eigenvalue weighted by atomic mass is 79.9. The molecule has 0 aliphatic carbocycles. The Morgan fingerprint density at radius 3 is 2.89 bits per heavy atom. The van der Waals surface area contributed by atoms with Gasteiger partial charge in [-0.05, 0) is 41.1 Å². The molecular weight excluding hydrogens is 314 g/mol. The van der Waals surface area contributed by atoms with Gasteiger partial charge in [-0.2, -0.15) is 0 Å². The number of aromatic amines is 1. The number of H-pyrrole nitrogens is 1. The standard InChI is InChI=1S/C13H10BrNO2S/c1-6-5-7-10-8(15-13(16)12(7)18-6)3-4-9(17-2)11(10)14/h3-5H,1-2H3,(H,15,16). The van der Waals surface area contributed by atoms with E-state index in [0.29, 0.717) is 0 Å². The third kappa shape index (κ3) is 1.58. The molecule has 0 aliphatic heterocycles. The van der Waals surface area contributed by atoms with Crippen LogP contribution in [0.15, 0.2) is 27.5 Å². The average molecular weight is 324 g/mol. The summed E-state index contributed by atoms with van der Waals surface area (Å²) in [5.41, 5.74) is 0.783. The van der Waals surface area contributed by atoms with Crippen LogP contribution in [0.3, 0.4) is 0 Å². The van der Waals surface area contributed by atoms with E-state index in [1.807, 2.05) is 25.1 Å². The molecule has 92 valence electrons. The molecule has 0 saturated heterocycles. The number of nitrogens with one attached hydrogen (secondary N) is 1. The van der Waals surface area contributed by atoms with Crippen LogP contribution in [0.4, 0.5) is 0 Å². The highest BCUT2D eigenvalue weighted by molar-refractivity contribution is 9.10. The van der Waals surface area contributed by atoms with Gasteiger partial charge in [-0.25, -0.2) is 0 Å². The summed E-state index contributed by atoms with van der Waals surface area (Å²) in [6.07, 6.45) is 0. The molecule has 0 aliphatic rings. The van der Waals surface area contributed by atoms with E-state index in [1.54, 1.807) is 7.11 Å². The fourth-order valence-corrected chi connectivity index (χ4v) is 3.76. The Morgan fingerprint density at radius 1 is 1.39 bits per heavy atom. The van der Waals surface area contributed by atoms with Crippen LogP contribution in [0, 0.1) is 6.92 Å². The van der Waals surface area contributed by atoms with Gasteiger partial charge in [0.05, 0.1) is 17.1 Å². The Labute approximate surface area is 116 Å². The van der Waals surface area contributed by atoms with Crippen LogP contribution in [-0.2, 0) is 0 Å². The van der Waals surface area contributed by atoms with E-state index in [0.717, 1.165) is 36.1 Å². The van der Waals surface area contributed by atoms with Crippen molar-refractivity contribution >= 4 is 48.3 Å². The van der Waals surface area contributed by atoms with E-state index in [4.69, 9.17) is 4.74 Å². The monoisotopic (exact) mass is 323 g/mol. The summed E-state index contributed by atoms with van der Waals surface area (Å²) in [6.45, 7) is 2.00. The van der Waals surface area contributed by atoms with Gasteiger partial charge in [0.25, 0.3) is 5.56 Å². The molecule has 0 radical (unpaired) electrons. The molecule has 1 aromatic carbocycles. The summed E-state index contributed by atoms with van der Waals surface area (Å²) in [6, 6.07) is 5.75. The predicted octanol–water partition coefficient (Wildman–Crippen LogP) is 3.82. The molecule has 0 spiro atoms. The highest BCUT2D eigenvalue weighted by Crippen LogP contribution is 2.37. The van der Waals surface area contributed by atoms with Crippen molar-refractivity contribution in [2.45, 2.75) is 6.92 Å². The highest BCUT2D eigenvalue weighted by Gasteiger charge is 2.13. The zero-order valence-electron chi connectivity index (χ0n) is 9.83. The number of fused-ring (bicyclic) bond motifs is 3. The summed E-state index contributed by atoms with van der Waals surface area (Å²) in [5, 5.41) is 1.97. The second-order valence-electron chi connectivity index (χ2n) is 4.06. The van der Waals surface area contributed by atoms with Crippen molar-refractivity contribution in [3.8, 4) is 5.75 Å². The van der Waals surface area contributed by atoms with Crippen molar-refractivity contribution in [1.29, 1.82) is 0 Å². The number of aryl methyl sites for hydroxylation is 1. The van der Waals surface area contributed by atoms with Gasteiger partial charge in [-0.1, -0.05) is 0 Å². The van der Waals surface area contributed by atoms with Gasteiger partial charge >= 0.3 is 0 Å². The Hall–Kier alpha value is -1.33. The molecule has 3 nitrogen and oxygen atoms in total. The molecule has 0 saturated carbocycles. The largest absolute Gasteiger partial charge is 0.496 e. The number of rotatable bonds is 1. The van der Waals surface area contributed by atoms with E-state index in [9.17, 15) is 4.79 Å². The zero-order chi connectivity index (χ0) is 12.9. The number of halogens is 1. The lowest BCUT2D eigenvalue weighted by Gasteiger charge is -2.07. The maximum absolute atomic E-state index is 12.0.